The second kappa shape index (κ2) is 7.51. The number of carbonyl (C=O) groups is 2. The van der Waals surface area contributed by atoms with E-state index in [0.717, 1.165) is 32.1 Å². The molecular weight excluding hydrogens is 324 g/mol. The van der Waals surface area contributed by atoms with Crippen LogP contribution in [0.3, 0.4) is 0 Å². The van der Waals surface area contributed by atoms with Gasteiger partial charge in [-0.3, -0.25) is 4.79 Å². The molecule has 1 fully saturated rings. The Balaban J connectivity index is 1.82. The van der Waals surface area contributed by atoms with Gasteiger partial charge in [-0.25, -0.2) is 9.59 Å². The maximum atomic E-state index is 12.2. The highest BCUT2D eigenvalue weighted by atomic mass is 16.5. The fraction of sp³-hybridized carbons (Fsp3) is 0.421. The van der Waals surface area contributed by atoms with Crippen LogP contribution in [0.5, 0.6) is 5.75 Å². The van der Waals surface area contributed by atoms with Crippen molar-refractivity contribution >= 4 is 22.9 Å². The number of hydrogen-bond acceptors (Lipinski definition) is 6. The van der Waals surface area contributed by atoms with E-state index in [4.69, 9.17) is 13.9 Å². The third-order valence-corrected chi connectivity index (χ3v) is 4.36. The first-order chi connectivity index (χ1) is 12.1. The molecule has 25 heavy (non-hydrogen) atoms. The lowest BCUT2D eigenvalue weighted by molar-refractivity contribution is -0.139. The molecule has 0 N–H and O–H groups in total. The van der Waals surface area contributed by atoms with Crippen molar-refractivity contribution in [2.45, 2.75) is 39.0 Å². The number of hydrogen-bond donors (Lipinski definition) is 0. The Kier molecular flexibility index (Phi) is 5.16. The summed E-state index contributed by atoms with van der Waals surface area (Å²) in [6.07, 6.45) is 4.95. The molecule has 0 unspecified atom stereocenters. The van der Waals surface area contributed by atoms with Crippen molar-refractivity contribution in [1.29, 1.82) is 0 Å². The Bertz CT molecular complexity index is 845. The number of ether oxygens (including phenoxy) is 2. The summed E-state index contributed by atoms with van der Waals surface area (Å²) in [4.78, 5) is 35.9. The molecule has 1 aromatic carbocycles. The first-order valence-corrected chi connectivity index (χ1v) is 8.55. The first-order valence-electron chi connectivity index (χ1n) is 8.55. The third kappa shape index (κ3) is 3.90. The van der Waals surface area contributed by atoms with E-state index >= 15 is 0 Å². The van der Waals surface area contributed by atoms with E-state index in [1.807, 2.05) is 0 Å². The van der Waals surface area contributed by atoms with Crippen molar-refractivity contribution in [1.82, 2.24) is 0 Å². The molecule has 2 aromatic rings. The van der Waals surface area contributed by atoms with Crippen LogP contribution in [0.4, 0.5) is 0 Å². The van der Waals surface area contributed by atoms with Gasteiger partial charge in [-0.1, -0.05) is 19.3 Å². The van der Waals surface area contributed by atoms with Crippen LogP contribution in [0.1, 0.15) is 49.4 Å². The van der Waals surface area contributed by atoms with Gasteiger partial charge in [0.2, 0.25) is 0 Å². The SMILES string of the molecule is CCOC(=O)c1cc2ccc(OC(=O)C3CCCCC3)cc2oc1=O. The van der Waals surface area contributed by atoms with Crippen LogP contribution in [-0.2, 0) is 9.53 Å². The molecule has 1 heterocycles. The summed E-state index contributed by atoms with van der Waals surface area (Å²) in [5.41, 5.74) is -0.671. The Morgan fingerprint density at radius 2 is 1.92 bits per heavy atom. The largest absolute Gasteiger partial charge is 0.462 e. The molecule has 3 rings (SSSR count). The Morgan fingerprint density at radius 3 is 2.64 bits per heavy atom. The van der Waals surface area contributed by atoms with Gasteiger partial charge >= 0.3 is 17.6 Å². The van der Waals surface area contributed by atoms with Gasteiger partial charge in [0.15, 0.2) is 0 Å². The van der Waals surface area contributed by atoms with Gasteiger partial charge in [0.05, 0.1) is 12.5 Å². The van der Waals surface area contributed by atoms with Crippen molar-refractivity contribution in [3.05, 3.63) is 40.2 Å². The van der Waals surface area contributed by atoms with E-state index in [1.54, 1.807) is 19.1 Å². The maximum absolute atomic E-state index is 12.2. The van der Waals surface area contributed by atoms with Crippen LogP contribution in [0, 0.1) is 5.92 Å². The molecular formula is C19H20O6. The van der Waals surface area contributed by atoms with Crippen LogP contribution in [-0.4, -0.2) is 18.5 Å². The van der Waals surface area contributed by atoms with Crippen molar-refractivity contribution in [2.75, 3.05) is 6.61 Å². The van der Waals surface area contributed by atoms with Crippen LogP contribution in [0.25, 0.3) is 11.0 Å². The minimum Gasteiger partial charge on any atom is -0.462 e. The van der Waals surface area contributed by atoms with Gasteiger partial charge in [0.25, 0.3) is 0 Å². The maximum Gasteiger partial charge on any atom is 0.351 e. The van der Waals surface area contributed by atoms with Crippen molar-refractivity contribution < 1.29 is 23.5 Å². The monoisotopic (exact) mass is 344 g/mol. The van der Waals surface area contributed by atoms with E-state index in [1.165, 1.54) is 12.1 Å². The van der Waals surface area contributed by atoms with E-state index in [2.05, 4.69) is 0 Å². The number of benzene rings is 1. The fourth-order valence-corrected chi connectivity index (χ4v) is 3.04. The van der Waals surface area contributed by atoms with E-state index in [-0.39, 0.29) is 29.6 Å². The molecule has 132 valence electrons. The average Bonchev–Trinajstić information content (AvgIpc) is 2.62. The van der Waals surface area contributed by atoms with Gasteiger partial charge in [0.1, 0.15) is 16.9 Å². The second-order valence-corrected chi connectivity index (χ2v) is 6.12. The molecule has 1 aliphatic carbocycles. The molecule has 0 bridgehead atoms. The number of esters is 2. The van der Waals surface area contributed by atoms with Gasteiger partial charge in [-0.15, -0.1) is 0 Å². The molecule has 0 amide bonds. The number of carbonyl (C=O) groups excluding carboxylic acids is 2. The van der Waals surface area contributed by atoms with Gasteiger partial charge in [0, 0.05) is 11.5 Å². The summed E-state index contributed by atoms with van der Waals surface area (Å²) in [6, 6.07) is 6.18. The fourth-order valence-electron chi connectivity index (χ4n) is 3.04. The smallest absolute Gasteiger partial charge is 0.351 e. The van der Waals surface area contributed by atoms with Crippen LogP contribution >= 0.6 is 0 Å². The van der Waals surface area contributed by atoms with Gasteiger partial charge in [-0.05, 0) is 38.0 Å². The van der Waals surface area contributed by atoms with Crippen molar-refractivity contribution in [3.63, 3.8) is 0 Å². The minimum atomic E-state index is -0.776. The van der Waals surface area contributed by atoms with E-state index < -0.39 is 11.6 Å². The highest BCUT2D eigenvalue weighted by Crippen LogP contribution is 2.27. The zero-order valence-corrected chi connectivity index (χ0v) is 14.1. The third-order valence-electron chi connectivity index (χ3n) is 4.36. The first kappa shape index (κ1) is 17.2. The summed E-state index contributed by atoms with van der Waals surface area (Å²) in [5.74, 6) is -0.701. The highest BCUT2D eigenvalue weighted by Gasteiger charge is 2.23. The Morgan fingerprint density at radius 1 is 1.16 bits per heavy atom. The highest BCUT2D eigenvalue weighted by molar-refractivity contribution is 5.93. The normalized spacial score (nSPS) is 15.1. The van der Waals surface area contributed by atoms with Crippen molar-refractivity contribution in [3.8, 4) is 5.75 Å². The molecule has 0 atom stereocenters. The van der Waals surface area contributed by atoms with Gasteiger partial charge < -0.3 is 13.9 Å². The number of rotatable bonds is 4. The van der Waals surface area contributed by atoms with Crippen molar-refractivity contribution in [2.24, 2.45) is 5.92 Å². The summed E-state index contributed by atoms with van der Waals surface area (Å²) in [6.45, 7) is 1.83. The Hall–Kier alpha value is -2.63. The van der Waals surface area contributed by atoms with Gasteiger partial charge in [-0.2, -0.15) is 0 Å². The van der Waals surface area contributed by atoms with Crippen LogP contribution in [0.15, 0.2) is 33.5 Å². The molecule has 1 aliphatic rings. The zero-order chi connectivity index (χ0) is 17.8. The molecule has 0 aliphatic heterocycles. The number of fused-ring (bicyclic) bond motifs is 1. The standard InChI is InChI=1S/C19H20O6/c1-2-23-18(21)15-10-13-8-9-14(11-16(13)25-19(15)22)24-17(20)12-6-4-3-5-7-12/h8-12H,2-7H2,1H3. The molecule has 0 saturated heterocycles. The minimum absolute atomic E-state index is 0.0670. The molecule has 1 saturated carbocycles. The molecule has 6 nitrogen and oxygen atoms in total. The average molecular weight is 344 g/mol. The topological polar surface area (TPSA) is 82.8 Å². The quantitative estimate of drug-likeness (QED) is 0.480. The van der Waals surface area contributed by atoms with Crippen LogP contribution < -0.4 is 10.4 Å². The Labute approximate surface area is 144 Å². The predicted molar refractivity (Wildman–Crippen MR) is 90.7 cm³/mol. The lowest BCUT2D eigenvalue weighted by atomic mass is 9.89. The predicted octanol–water partition coefficient (Wildman–Crippen LogP) is 3.46. The lowest BCUT2D eigenvalue weighted by Crippen LogP contribution is -2.22. The summed E-state index contributed by atoms with van der Waals surface area (Å²) >= 11 is 0. The summed E-state index contributed by atoms with van der Waals surface area (Å²) in [5, 5.41) is 0.556. The lowest BCUT2D eigenvalue weighted by Gasteiger charge is -2.19. The zero-order valence-electron chi connectivity index (χ0n) is 14.1. The molecule has 1 aromatic heterocycles. The molecule has 0 spiro atoms. The second-order valence-electron chi connectivity index (χ2n) is 6.12. The summed E-state index contributed by atoms with van der Waals surface area (Å²) in [7, 11) is 0. The summed E-state index contributed by atoms with van der Waals surface area (Å²) < 4.78 is 15.4. The van der Waals surface area contributed by atoms with E-state index in [0.29, 0.717) is 11.1 Å². The molecule has 6 heteroatoms. The van der Waals surface area contributed by atoms with E-state index in [9.17, 15) is 14.4 Å². The molecule has 0 radical (unpaired) electrons. The van der Waals surface area contributed by atoms with Crippen LogP contribution in [0.2, 0.25) is 0 Å².